The van der Waals surface area contributed by atoms with Crippen molar-refractivity contribution in [3.63, 3.8) is 0 Å². The Hall–Kier alpha value is -1.16. The first kappa shape index (κ1) is 25.1. The molecule has 2 rings (SSSR count). The Morgan fingerprint density at radius 1 is 1.13 bits per heavy atom. The topological polar surface area (TPSA) is 102 Å². The number of anilines is 1. The second-order valence-corrected chi connectivity index (χ2v) is 7.91. The average Bonchev–Trinajstić information content (AvgIpc) is 2.74. The van der Waals surface area contributed by atoms with Gasteiger partial charge in [-0.05, 0) is 30.5 Å². The van der Waals surface area contributed by atoms with Crippen LogP contribution in [0.2, 0.25) is 0 Å². The molecule has 0 aromatic heterocycles. The molecule has 0 radical (unpaired) electrons. The van der Waals surface area contributed by atoms with Gasteiger partial charge >= 0.3 is 0 Å². The second kappa shape index (κ2) is 12.6. The fraction of sp³-hybridized carbons (Fsp3) is 0.650. The number of carbonyl (C=O) groups is 1. The van der Waals surface area contributed by atoms with Crippen LogP contribution in [0.1, 0.15) is 18.4 Å². The highest BCUT2D eigenvalue weighted by atomic mass is 35.5. The van der Waals surface area contributed by atoms with E-state index in [2.05, 4.69) is 10.2 Å². The summed E-state index contributed by atoms with van der Waals surface area (Å²) >= 11 is 11.7. The maximum atomic E-state index is 14.1. The number of aryl methyl sites for hydroxylation is 1. The van der Waals surface area contributed by atoms with Crippen LogP contribution in [0.15, 0.2) is 24.3 Å². The summed E-state index contributed by atoms with van der Waals surface area (Å²) in [7, 11) is 0. The van der Waals surface area contributed by atoms with E-state index in [1.165, 1.54) is 0 Å². The van der Waals surface area contributed by atoms with Crippen LogP contribution in [0, 0.1) is 0 Å². The van der Waals surface area contributed by atoms with Crippen molar-refractivity contribution < 1.29 is 29.2 Å². The SMILES string of the molecule is O=C(CCCc1ccc(N(CCCl)CCCl)cc1)N[C@@H]1O[C@H](CO)[C@@H](O)[C@H](O)[C@@H]1F. The highest BCUT2D eigenvalue weighted by molar-refractivity contribution is 6.18. The molecule has 4 N–H and O–H groups in total. The van der Waals surface area contributed by atoms with Crippen molar-refractivity contribution >= 4 is 34.8 Å². The number of amides is 1. The lowest BCUT2D eigenvalue weighted by atomic mass is 9.99. The highest BCUT2D eigenvalue weighted by Gasteiger charge is 2.45. The highest BCUT2D eigenvalue weighted by Crippen LogP contribution is 2.22. The zero-order valence-electron chi connectivity index (χ0n) is 16.6. The normalized spacial score (nSPS) is 26.4. The number of ether oxygens (including phenoxy) is 1. The van der Waals surface area contributed by atoms with Gasteiger partial charge in [0.25, 0.3) is 0 Å². The summed E-state index contributed by atoms with van der Waals surface area (Å²) in [5, 5.41) is 30.9. The lowest BCUT2D eigenvalue weighted by molar-refractivity contribution is -0.219. The number of hydrogen-bond donors (Lipinski definition) is 4. The third kappa shape index (κ3) is 6.93. The molecule has 0 bridgehead atoms. The molecule has 1 heterocycles. The maximum absolute atomic E-state index is 14.1. The molecule has 1 aliphatic heterocycles. The van der Waals surface area contributed by atoms with E-state index in [9.17, 15) is 19.4 Å². The fourth-order valence-corrected chi connectivity index (χ4v) is 3.74. The Morgan fingerprint density at radius 3 is 2.33 bits per heavy atom. The number of carbonyl (C=O) groups excluding carboxylic acids is 1. The van der Waals surface area contributed by atoms with Crippen LogP contribution in [-0.4, -0.2) is 83.4 Å². The number of rotatable bonds is 11. The minimum Gasteiger partial charge on any atom is -0.394 e. The Bertz CT molecular complexity index is 647. The first-order chi connectivity index (χ1) is 14.4. The maximum Gasteiger partial charge on any atom is 0.222 e. The standard InChI is InChI=1S/C20H29Cl2FN2O5/c21-8-10-25(11-9-22)14-6-4-13(5-7-14)2-1-3-16(27)24-20-17(23)19(29)18(28)15(12-26)30-20/h4-7,15,17-20,26,28-29H,1-3,8-12H2,(H,24,27)/t15-,17+,18-,19-,20-/m1/s1. The summed E-state index contributed by atoms with van der Waals surface area (Å²) in [4.78, 5) is 14.2. The molecular formula is C20H29Cl2FN2O5. The molecule has 0 aliphatic carbocycles. The van der Waals surface area contributed by atoms with Gasteiger partial charge in [0.1, 0.15) is 18.3 Å². The van der Waals surface area contributed by atoms with Gasteiger partial charge in [0, 0.05) is 37.0 Å². The molecule has 0 spiro atoms. The summed E-state index contributed by atoms with van der Waals surface area (Å²) in [6, 6.07) is 7.93. The van der Waals surface area contributed by atoms with E-state index in [0.29, 0.717) is 37.7 Å². The quantitative estimate of drug-likeness (QED) is 0.365. The van der Waals surface area contributed by atoms with E-state index in [0.717, 1.165) is 11.3 Å². The van der Waals surface area contributed by atoms with Gasteiger partial charge in [-0.1, -0.05) is 12.1 Å². The molecule has 0 saturated carbocycles. The number of halogens is 3. The summed E-state index contributed by atoms with van der Waals surface area (Å²) in [5.41, 5.74) is 2.08. The van der Waals surface area contributed by atoms with Gasteiger partial charge in [0.15, 0.2) is 12.4 Å². The van der Waals surface area contributed by atoms with Crippen LogP contribution >= 0.6 is 23.2 Å². The average molecular weight is 467 g/mol. The van der Waals surface area contributed by atoms with E-state index < -0.39 is 43.2 Å². The van der Waals surface area contributed by atoms with E-state index in [-0.39, 0.29) is 6.42 Å². The Balaban J connectivity index is 1.80. The van der Waals surface area contributed by atoms with Crippen LogP contribution in [-0.2, 0) is 16.0 Å². The minimum absolute atomic E-state index is 0.140. The van der Waals surface area contributed by atoms with Crippen molar-refractivity contribution in [2.45, 2.75) is 50.0 Å². The van der Waals surface area contributed by atoms with Gasteiger partial charge in [-0.3, -0.25) is 4.79 Å². The predicted octanol–water partition coefficient (Wildman–Crippen LogP) is 1.19. The van der Waals surface area contributed by atoms with Gasteiger partial charge in [-0.2, -0.15) is 0 Å². The van der Waals surface area contributed by atoms with Crippen LogP contribution in [0.25, 0.3) is 0 Å². The lowest BCUT2D eigenvalue weighted by Crippen LogP contribution is -2.61. The molecule has 1 aromatic rings. The third-order valence-corrected chi connectivity index (χ3v) is 5.37. The Morgan fingerprint density at radius 2 is 1.77 bits per heavy atom. The van der Waals surface area contributed by atoms with E-state index in [1.807, 2.05) is 24.3 Å². The van der Waals surface area contributed by atoms with Crippen molar-refractivity contribution in [2.24, 2.45) is 0 Å². The molecule has 30 heavy (non-hydrogen) atoms. The van der Waals surface area contributed by atoms with Gasteiger partial charge in [0.05, 0.1) is 6.61 Å². The lowest BCUT2D eigenvalue weighted by Gasteiger charge is -2.38. The van der Waals surface area contributed by atoms with Gasteiger partial charge < -0.3 is 30.3 Å². The first-order valence-corrected chi connectivity index (χ1v) is 11.0. The molecule has 0 unspecified atom stereocenters. The number of nitrogens with zero attached hydrogens (tertiary/aromatic N) is 1. The number of aliphatic hydroxyl groups is 3. The van der Waals surface area contributed by atoms with Crippen molar-refractivity contribution in [1.29, 1.82) is 0 Å². The van der Waals surface area contributed by atoms with Gasteiger partial charge in [0.2, 0.25) is 5.91 Å². The summed E-state index contributed by atoms with van der Waals surface area (Å²) in [6.45, 7) is 0.811. The third-order valence-electron chi connectivity index (χ3n) is 5.03. The number of aliphatic hydroxyl groups excluding tert-OH is 3. The van der Waals surface area contributed by atoms with Crippen molar-refractivity contribution in [3.05, 3.63) is 29.8 Å². The largest absolute Gasteiger partial charge is 0.394 e. The summed E-state index contributed by atoms with van der Waals surface area (Å²) in [6.07, 6.45) is -6.51. The zero-order valence-corrected chi connectivity index (χ0v) is 18.1. The van der Waals surface area contributed by atoms with E-state index in [1.54, 1.807) is 0 Å². The fourth-order valence-electron chi connectivity index (χ4n) is 3.33. The Kier molecular flexibility index (Phi) is 10.6. The van der Waals surface area contributed by atoms with E-state index >= 15 is 0 Å². The molecular weight excluding hydrogens is 438 g/mol. The van der Waals surface area contributed by atoms with Gasteiger partial charge in [-0.25, -0.2) is 4.39 Å². The number of benzene rings is 1. The number of alkyl halides is 3. The first-order valence-electron chi connectivity index (χ1n) is 9.93. The number of nitrogens with one attached hydrogen (secondary N) is 1. The number of hydrogen-bond acceptors (Lipinski definition) is 6. The molecule has 1 aromatic carbocycles. The van der Waals surface area contributed by atoms with Crippen LogP contribution in [0.5, 0.6) is 0 Å². The molecule has 1 saturated heterocycles. The predicted molar refractivity (Wildman–Crippen MR) is 114 cm³/mol. The summed E-state index contributed by atoms with van der Waals surface area (Å²) in [5.74, 6) is 0.579. The molecule has 7 nitrogen and oxygen atoms in total. The summed E-state index contributed by atoms with van der Waals surface area (Å²) < 4.78 is 19.3. The molecule has 10 heteroatoms. The van der Waals surface area contributed by atoms with Gasteiger partial charge in [-0.15, -0.1) is 23.2 Å². The smallest absolute Gasteiger partial charge is 0.222 e. The monoisotopic (exact) mass is 466 g/mol. The Labute approximate surface area is 185 Å². The van der Waals surface area contributed by atoms with Crippen LogP contribution in [0.4, 0.5) is 10.1 Å². The van der Waals surface area contributed by atoms with E-state index in [4.69, 9.17) is 33.0 Å². The van der Waals surface area contributed by atoms with Crippen LogP contribution < -0.4 is 10.2 Å². The van der Waals surface area contributed by atoms with Crippen molar-refractivity contribution in [2.75, 3.05) is 36.4 Å². The van der Waals surface area contributed by atoms with Crippen molar-refractivity contribution in [1.82, 2.24) is 5.32 Å². The van der Waals surface area contributed by atoms with Crippen molar-refractivity contribution in [3.8, 4) is 0 Å². The second-order valence-electron chi connectivity index (χ2n) is 7.16. The minimum atomic E-state index is -1.98. The van der Waals surface area contributed by atoms with Crippen LogP contribution in [0.3, 0.4) is 0 Å². The molecule has 1 fully saturated rings. The molecule has 5 atom stereocenters. The zero-order chi connectivity index (χ0) is 22.1. The molecule has 1 amide bonds. The molecule has 1 aliphatic rings. The molecule has 170 valence electrons.